The van der Waals surface area contributed by atoms with Gasteiger partial charge >= 0.3 is 5.97 Å². The van der Waals surface area contributed by atoms with Crippen LogP contribution in [0.25, 0.3) is 10.5 Å². The van der Waals surface area contributed by atoms with E-state index in [1.165, 1.54) is 10.9 Å². The fraction of sp³-hybridized carbons (Fsp3) is 0.353. The van der Waals surface area contributed by atoms with E-state index in [-0.39, 0.29) is 0 Å². The molecule has 0 aliphatic carbocycles. The van der Waals surface area contributed by atoms with Crippen LogP contribution in [0.1, 0.15) is 31.1 Å². The maximum atomic E-state index is 11.7. The van der Waals surface area contributed by atoms with Crippen molar-refractivity contribution in [2.75, 3.05) is 13.2 Å². The Morgan fingerprint density at radius 3 is 2.87 bits per heavy atom. The minimum Gasteiger partial charge on any atom is -0.504 e. The largest absolute Gasteiger partial charge is 0.504 e. The van der Waals surface area contributed by atoms with Crippen molar-refractivity contribution in [1.29, 1.82) is 0 Å². The van der Waals surface area contributed by atoms with Gasteiger partial charge in [-0.25, -0.2) is 14.3 Å². The van der Waals surface area contributed by atoms with Crippen LogP contribution in [0.2, 0.25) is 0 Å². The molecule has 0 atom stereocenters. The molecule has 0 bridgehead atoms. The highest BCUT2D eigenvalue weighted by Crippen LogP contribution is 2.30. The highest BCUT2D eigenvalue weighted by atomic mass is 16.5. The van der Waals surface area contributed by atoms with E-state index in [0.717, 1.165) is 0 Å². The van der Waals surface area contributed by atoms with E-state index in [4.69, 9.17) is 16.0 Å². The van der Waals surface area contributed by atoms with Crippen LogP contribution >= 0.6 is 0 Å². The summed E-state index contributed by atoms with van der Waals surface area (Å²) in [4.78, 5) is 15.2. The van der Waals surface area contributed by atoms with Crippen LogP contribution in [-0.2, 0) is 4.74 Å². The zero-order chi connectivity index (χ0) is 16.8. The Hall–Kier alpha value is -2.81. The molecule has 120 valence electrons. The average Bonchev–Trinajstić information content (AvgIpc) is 3.03. The molecule has 6 nitrogen and oxygen atoms in total. The van der Waals surface area contributed by atoms with Crippen molar-refractivity contribution in [3.05, 3.63) is 47.6 Å². The number of hydrogen-bond acceptors (Lipinski definition) is 4. The van der Waals surface area contributed by atoms with Crippen molar-refractivity contribution in [3.63, 3.8) is 0 Å². The van der Waals surface area contributed by atoms with Gasteiger partial charge in [0.1, 0.15) is 5.75 Å². The lowest BCUT2D eigenvalue weighted by molar-refractivity contribution is 0.0526. The number of nitrogens with zero attached hydrogens (tertiary/aromatic N) is 3. The smallest absolute Gasteiger partial charge is 0.341 e. The molecular weight excluding hydrogens is 294 g/mol. The summed E-state index contributed by atoms with van der Waals surface area (Å²) in [7, 11) is 0. The summed E-state index contributed by atoms with van der Waals surface area (Å²) in [6, 6.07) is 5.23. The molecule has 23 heavy (non-hydrogen) atoms. The second-order valence-electron chi connectivity index (χ2n) is 5.36. The molecule has 1 aromatic heterocycles. The van der Waals surface area contributed by atoms with E-state index < -0.39 is 5.97 Å². The molecular formula is C17H19N3O3. The molecule has 6 heteroatoms. The monoisotopic (exact) mass is 313 g/mol. The fourth-order valence-corrected chi connectivity index (χ4v) is 1.90. The second-order valence-corrected chi connectivity index (χ2v) is 5.36. The van der Waals surface area contributed by atoms with E-state index in [1.807, 2.05) is 13.8 Å². The van der Waals surface area contributed by atoms with Gasteiger partial charge in [0.05, 0.1) is 37.2 Å². The molecule has 0 amide bonds. The summed E-state index contributed by atoms with van der Waals surface area (Å²) in [5.74, 6) is 0.516. The third kappa shape index (κ3) is 4.10. The Morgan fingerprint density at radius 1 is 1.43 bits per heavy atom. The first-order valence-electron chi connectivity index (χ1n) is 7.41. The van der Waals surface area contributed by atoms with Gasteiger partial charge in [0.2, 0.25) is 5.69 Å². The van der Waals surface area contributed by atoms with Gasteiger partial charge in [0, 0.05) is 6.20 Å². The molecule has 0 unspecified atom stereocenters. The van der Waals surface area contributed by atoms with Crippen LogP contribution in [0.5, 0.6) is 5.75 Å². The highest BCUT2D eigenvalue weighted by molar-refractivity contribution is 5.88. The summed E-state index contributed by atoms with van der Waals surface area (Å²) >= 11 is 0. The minimum absolute atomic E-state index is 0.313. The topological polar surface area (TPSA) is 57.7 Å². The zero-order valence-electron chi connectivity index (χ0n) is 13.4. The number of carbonyl (C=O) groups excluding carboxylic acids is 1. The van der Waals surface area contributed by atoms with Gasteiger partial charge in [0.15, 0.2) is 0 Å². The molecule has 0 fully saturated rings. The van der Waals surface area contributed by atoms with Crippen LogP contribution in [0, 0.1) is 12.5 Å². The summed E-state index contributed by atoms with van der Waals surface area (Å²) in [5.41, 5.74) is 1.47. The van der Waals surface area contributed by atoms with E-state index in [2.05, 4.69) is 9.94 Å². The quantitative estimate of drug-likeness (QED) is 0.603. The molecule has 0 saturated carbocycles. The van der Waals surface area contributed by atoms with Gasteiger partial charge in [-0.2, -0.15) is 5.10 Å². The molecule has 2 rings (SSSR count). The van der Waals surface area contributed by atoms with Crippen LogP contribution < -0.4 is 4.74 Å². The average molecular weight is 313 g/mol. The Morgan fingerprint density at radius 2 is 2.22 bits per heavy atom. The molecule has 2 aromatic rings. The SMILES string of the molecule is [C-]#[N+]c1cc(-n2cc(C(=O)OCC)cn2)ccc1OCC(C)C. The van der Waals surface area contributed by atoms with Crippen LogP contribution in [0.15, 0.2) is 30.6 Å². The maximum Gasteiger partial charge on any atom is 0.341 e. The van der Waals surface area contributed by atoms with Gasteiger partial charge in [-0.05, 0) is 31.0 Å². The molecule has 1 aromatic carbocycles. The Bertz CT molecular complexity index is 729. The summed E-state index contributed by atoms with van der Waals surface area (Å²) < 4.78 is 12.1. The highest BCUT2D eigenvalue weighted by Gasteiger charge is 2.12. The molecule has 0 aliphatic rings. The molecule has 0 spiro atoms. The lowest BCUT2D eigenvalue weighted by Gasteiger charge is -2.11. The van der Waals surface area contributed by atoms with Crippen LogP contribution in [-0.4, -0.2) is 29.0 Å². The summed E-state index contributed by atoms with van der Waals surface area (Å²) in [6.07, 6.45) is 3.02. The van der Waals surface area contributed by atoms with Gasteiger partial charge < -0.3 is 9.47 Å². The Labute approximate surface area is 135 Å². The first-order chi connectivity index (χ1) is 11.0. The third-order valence-corrected chi connectivity index (χ3v) is 2.99. The molecule has 0 N–H and O–H groups in total. The van der Waals surface area contributed by atoms with Gasteiger partial charge in [0.25, 0.3) is 0 Å². The fourth-order valence-electron chi connectivity index (χ4n) is 1.90. The van der Waals surface area contributed by atoms with Crippen molar-refractivity contribution in [1.82, 2.24) is 9.78 Å². The number of esters is 1. The predicted molar refractivity (Wildman–Crippen MR) is 86.1 cm³/mol. The van der Waals surface area contributed by atoms with E-state index in [1.54, 1.807) is 31.3 Å². The Balaban J connectivity index is 2.24. The number of rotatable bonds is 6. The van der Waals surface area contributed by atoms with E-state index in [0.29, 0.717) is 41.8 Å². The first-order valence-corrected chi connectivity index (χ1v) is 7.41. The standard InChI is InChI=1S/C17H19N3O3/c1-5-22-17(21)13-9-19-20(10-13)14-6-7-16(15(8-14)18-4)23-11-12(2)3/h6-10,12H,5,11H2,1-3H3. The normalized spacial score (nSPS) is 10.4. The first kappa shape index (κ1) is 16.6. The van der Waals surface area contributed by atoms with Crippen molar-refractivity contribution in [2.45, 2.75) is 20.8 Å². The number of aromatic nitrogens is 2. The third-order valence-electron chi connectivity index (χ3n) is 2.99. The van der Waals surface area contributed by atoms with E-state index >= 15 is 0 Å². The van der Waals surface area contributed by atoms with Gasteiger partial charge in [-0.3, -0.25) is 0 Å². The predicted octanol–water partition coefficient (Wildman–Crippen LogP) is 3.63. The van der Waals surface area contributed by atoms with E-state index in [9.17, 15) is 4.79 Å². The van der Waals surface area contributed by atoms with Gasteiger partial charge in [-0.15, -0.1) is 0 Å². The van der Waals surface area contributed by atoms with Crippen molar-refractivity contribution >= 4 is 11.7 Å². The van der Waals surface area contributed by atoms with Crippen molar-refractivity contribution in [3.8, 4) is 11.4 Å². The number of carbonyl (C=O) groups is 1. The number of ether oxygens (including phenoxy) is 2. The minimum atomic E-state index is -0.416. The van der Waals surface area contributed by atoms with Gasteiger partial charge in [-0.1, -0.05) is 13.8 Å². The summed E-state index contributed by atoms with van der Waals surface area (Å²) in [6.45, 7) is 14.0. The molecule has 0 aliphatic heterocycles. The zero-order valence-corrected chi connectivity index (χ0v) is 13.4. The maximum absolute atomic E-state index is 11.7. The second kappa shape index (κ2) is 7.45. The molecule has 0 saturated heterocycles. The van der Waals surface area contributed by atoms with Crippen LogP contribution in [0.3, 0.4) is 0 Å². The van der Waals surface area contributed by atoms with Crippen molar-refractivity contribution < 1.29 is 14.3 Å². The number of hydrogen-bond donors (Lipinski definition) is 0. The molecule has 0 radical (unpaired) electrons. The summed E-state index contributed by atoms with van der Waals surface area (Å²) in [5, 5.41) is 4.14. The Kier molecular flexibility index (Phi) is 5.36. The van der Waals surface area contributed by atoms with Crippen LogP contribution in [0.4, 0.5) is 5.69 Å². The lowest BCUT2D eigenvalue weighted by Crippen LogP contribution is -2.05. The number of benzene rings is 1. The lowest BCUT2D eigenvalue weighted by atomic mass is 10.2. The van der Waals surface area contributed by atoms with Crippen molar-refractivity contribution in [2.24, 2.45) is 5.92 Å². The molecule has 1 heterocycles.